The lowest BCUT2D eigenvalue weighted by molar-refractivity contribution is -0.127. The Morgan fingerprint density at radius 2 is 2.35 bits per heavy atom. The molecule has 2 rings (SSSR count). The first-order chi connectivity index (χ1) is 9.56. The van der Waals surface area contributed by atoms with E-state index in [0.29, 0.717) is 28.4 Å². The van der Waals surface area contributed by atoms with Gasteiger partial charge in [0.25, 0.3) is 5.91 Å². The van der Waals surface area contributed by atoms with E-state index in [2.05, 4.69) is 10.6 Å². The highest BCUT2D eigenvalue weighted by Crippen LogP contribution is 2.28. The van der Waals surface area contributed by atoms with Gasteiger partial charge in [0.1, 0.15) is 5.75 Å². The third-order valence-corrected chi connectivity index (χ3v) is 3.78. The summed E-state index contributed by atoms with van der Waals surface area (Å²) >= 11 is 11.8. The Bertz CT molecular complexity index is 476. The first-order valence-electron chi connectivity index (χ1n) is 6.69. The molecule has 2 unspecified atom stereocenters. The van der Waals surface area contributed by atoms with Crippen molar-refractivity contribution in [3.63, 3.8) is 0 Å². The molecule has 0 aliphatic carbocycles. The molecule has 2 atom stereocenters. The number of halogens is 2. The minimum atomic E-state index is -0.602. The Hall–Kier alpha value is -0.970. The van der Waals surface area contributed by atoms with Gasteiger partial charge in [-0.1, -0.05) is 23.2 Å². The minimum Gasteiger partial charge on any atom is -0.479 e. The number of carbonyl (C=O) groups is 1. The van der Waals surface area contributed by atoms with Gasteiger partial charge < -0.3 is 15.4 Å². The Morgan fingerprint density at radius 1 is 1.55 bits per heavy atom. The molecule has 0 saturated carbocycles. The molecule has 0 spiro atoms. The molecule has 1 fully saturated rings. The highest BCUT2D eigenvalue weighted by atomic mass is 35.5. The molecule has 1 saturated heterocycles. The quantitative estimate of drug-likeness (QED) is 0.878. The van der Waals surface area contributed by atoms with Crippen molar-refractivity contribution in [1.82, 2.24) is 10.6 Å². The summed E-state index contributed by atoms with van der Waals surface area (Å²) in [5.41, 5.74) is 0. The van der Waals surface area contributed by atoms with E-state index in [-0.39, 0.29) is 5.91 Å². The number of ether oxygens (including phenoxy) is 1. The number of benzene rings is 1. The number of rotatable bonds is 5. The van der Waals surface area contributed by atoms with Crippen LogP contribution in [-0.2, 0) is 4.79 Å². The maximum atomic E-state index is 11.9. The van der Waals surface area contributed by atoms with E-state index in [1.807, 2.05) is 0 Å². The van der Waals surface area contributed by atoms with Gasteiger partial charge in [0, 0.05) is 17.6 Å². The van der Waals surface area contributed by atoms with Gasteiger partial charge in [0.15, 0.2) is 6.10 Å². The van der Waals surface area contributed by atoms with Gasteiger partial charge in [-0.25, -0.2) is 0 Å². The zero-order chi connectivity index (χ0) is 14.5. The average molecular weight is 317 g/mol. The highest BCUT2D eigenvalue weighted by molar-refractivity contribution is 6.35. The summed E-state index contributed by atoms with van der Waals surface area (Å²) in [6.45, 7) is 3.34. The smallest absolute Gasteiger partial charge is 0.260 e. The second-order valence-electron chi connectivity index (χ2n) is 4.87. The van der Waals surface area contributed by atoms with Crippen molar-refractivity contribution in [2.45, 2.75) is 31.9 Å². The molecule has 1 heterocycles. The van der Waals surface area contributed by atoms with Gasteiger partial charge >= 0.3 is 0 Å². The second kappa shape index (κ2) is 7.16. The highest BCUT2D eigenvalue weighted by Gasteiger charge is 2.19. The maximum absolute atomic E-state index is 11.9. The number of nitrogens with one attached hydrogen (secondary N) is 2. The molecule has 110 valence electrons. The fourth-order valence-electron chi connectivity index (χ4n) is 2.11. The first kappa shape index (κ1) is 15.4. The second-order valence-corrected chi connectivity index (χ2v) is 5.72. The molecule has 0 aromatic heterocycles. The first-order valence-corrected chi connectivity index (χ1v) is 7.44. The summed E-state index contributed by atoms with van der Waals surface area (Å²) in [6.07, 6.45) is 1.65. The summed E-state index contributed by atoms with van der Waals surface area (Å²) in [5.74, 6) is 0.308. The van der Waals surface area contributed by atoms with Gasteiger partial charge in [-0.2, -0.15) is 0 Å². The van der Waals surface area contributed by atoms with E-state index in [0.717, 1.165) is 19.4 Å². The summed E-state index contributed by atoms with van der Waals surface area (Å²) in [6, 6.07) is 5.29. The third kappa shape index (κ3) is 4.27. The lowest BCUT2D eigenvalue weighted by Crippen LogP contribution is -2.42. The van der Waals surface area contributed by atoms with Gasteiger partial charge in [0.2, 0.25) is 0 Å². The molecular formula is C14H18Cl2N2O2. The summed E-state index contributed by atoms with van der Waals surface area (Å²) < 4.78 is 5.55. The molecule has 1 amide bonds. The summed E-state index contributed by atoms with van der Waals surface area (Å²) in [4.78, 5) is 11.9. The molecule has 1 aliphatic rings. The van der Waals surface area contributed by atoms with E-state index in [1.54, 1.807) is 25.1 Å². The van der Waals surface area contributed by atoms with Crippen molar-refractivity contribution in [2.24, 2.45) is 0 Å². The Kier molecular flexibility index (Phi) is 5.52. The SMILES string of the molecule is CC(Oc1ccc(Cl)cc1Cl)C(=O)NCC1CCCN1. The van der Waals surface area contributed by atoms with Crippen LogP contribution in [0.15, 0.2) is 18.2 Å². The van der Waals surface area contributed by atoms with E-state index in [9.17, 15) is 4.79 Å². The molecule has 6 heteroatoms. The standard InChI is InChI=1S/C14H18Cl2N2O2/c1-9(14(19)18-8-11-3-2-6-17-11)20-13-5-4-10(15)7-12(13)16/h4-5,7,9,11,17H,2-3,6,8H2,1H3,(H,18,19). The zero-order valence-corrected chi connectivity index (χ0v) is 12.8. The third-order valence-electron chi connectivity index (χ3n) is 3.25. The van der Waals surface area contributed by atoms with E-state index >= 15 is 0 Å². The number of hydrogen-bond acceptors (Lipinski definition) is 3. The summed E-state index contributed by atoms with van der Waals surface area (Å²) in [7, 11) is 0. The molecule has 1 aliphatic heterocycles. The Balaban J connectivity index is 1.83. The molecule has 1 aromatic carbocycles. The summed E-state index contributed by atoms with van der Waals surface area (Å²) in [5, 5.41) is 7.14. The Morgan fingerprint density at radius 3 is 3.00 bits per heavy atom. The normalized spacial score (nSPS) is 19.6. The van der Waals surface area contributed by atoms with E-state index in [1.165, 1.54) is 0 Å². The van der Waals surface area contributed by atoms with Crippen LogP contribution < -0.4 is 15.4 Å². The molecular weight excluding hydrogens is 299 g/mol. The Labute approximate surface area is 128 Å². The fourth-order valence-corrected chi connectivity index (χ4v) is 2.57. The predicted molar refractivity (Wildman–Crippen MR) is 80.6 cm³/mol. The van der Waals surface area contributed by atoms with Crippen molar-refractivity contribution >= 4 is 29.1 Å². The van der Waals surface area contributed by atoms with Gasteiger partial charge in [0.05, 0.1) is 5.02 Å². The van der Waals surface area contributed by atoms with Crippen molar-refractivity contribution in [1.29, 1.82) is 0 Å². The van der Waals surface area contributed by atoms with Crippen LogP contribution in [0.2, 0.25) is 10.0 Å². The molecule has 1 aromatic rings. The van der Waals surface area contributed by atoms with Gasteiger partial charge in [-0.3, -0.25) is 4.79 Å². The van der Waals surface area contributed by atoms with Crippen LogP contribution in [0.3, 0.4) is 0 Å². The molecule has 4 nitrogen and oxygen atoms in total. The number of carbonyl (C=O) groups excluding carboxylic acids is 1. The van der Waals surface area contributed by atoms with Gasteiger partial charge in [-0.05, 0) is 44.5 Å². The molecule has 20 heavy (non-hydrogen) atoms. The van der Waals surface area contributed by atoms with Crippen molar-refractivity contribution in [2.75, 3.05) is 13.1 Å². The minimum absolute atomic E-state index is 0.148. The van der Waals surface area contributed by atoms with Crippen LogP contribution in [-0.4, -0.2) is 31.1 Å². The molecule has 2 N–H and O–H groups in total. The maximum Gasteiger partial charge on any atom is 0.260 e. The number of hydrogen-bond donors (Lipinski definition) is 2. The largest absolute Gasteiger partial charge is 0.479 e. The van der Waals surface area contributed by atoms with Crippen molar-refractivity contribution in [3.05, 3.63) is 28.2 Å². The van der Waals surface area contributed by atoms with E-state index in [4.69, 9.17) is 27.9 Å². The fraction of sp³-hybridized carbons (Fsp3) is 0.500. The van der Waals surface area contributed by atoms with Crippen LogP contribution in [0.1, 0.15) is 19.8 Å². The molecule has 0 bridgehead atoms. The zero-order valence-electron chi connectivity index (χ0n) is 11.3. The monoisotopic (exact) mass is 316 g/mol. The predicted octanol–water partition coefficient (Wildman–Crippen LogP) is 2.63. The van der Waals surface area contributed by atoms with Crippen molar-refractivity contribution < 1.29 is 9.53 Å². The average Bonchev–Trinajstić information content (AvgIpc) is 2.92. The lowest BCUT2D eigenvalue weighted by Gasteiger charge is -2.17. The topological polar surface area (TPSA) is 50.4 Å². The van der Waals surface area contributed by atoms with Gasteiger partial charge in [-0.15, -0.1) is 0 Å². The molecule has 0 radical (unpaired) electrons. The van der Waals surface area contributed by atoms with Crippen LogP contribution >= 0.6 is 23.2 Å². The van der Waals surface area contributed by atoms with Crippen LogP contribution in [0.4, 0.5) is 0 Å². The van der Waals surface area contributed by atoms with Crippen LogP contribution in [0.5, 0.6) is 5.75 Å². The van der Waals surface area contributed by atoms with Crippen LogP contribution in [0, 0.1) is 0 Å². The number of amides is 1. The van der Waals surface area contributed by atoms with Crippen LogP contribution in [0.25, 0.3) is 0 Å². The van der Waals surface area contributed by atoms with E-state index < -0.39 is 6.10 Å². The van der Waals surface area contributed by atoms with Crippen molar-refractivity contribution in [3.8, 4) is 5.75 Å². The lowest BCUT2D eigenvalue weighted by atomic mass is 10.2.